The molecule has 0 amide bonds. The molecular formula is C17H30N4O. The van der Waals surface area contributed by atoms with Gasteiger partial charge in [0.25, 0.3) is 0 Å². The first kappa shape index (κ1) is 16.8. The van der Waals surface area contributed by atoms with E-state index in [0.29, 0.717) is 18.5 Å². The standard InChI is InChI=1S/C17H30N4O/c1-4-13(5-2)16-11-15(22-21-16)12-19-17(18-6-3)20-14-9-7-8-10-14/h11,13-14H,4-10,12H2,1-3H3,(H2,18,19,20). The minimum Gasteiger partial charge on any atom is -0.359 e. The Bertz CT molecular complexity index is 459. The van der Waals surface area contributed by atoms with Crippen LogP contribution in [0.5, 0.6) is 0 Å². The van der Waals surface area contributed by atoms with Crippen molar-refractivity contribution >= 4 is 5.96 Å². The Morgan fingerprint density at radius 1 is 1.32 bits per heavy atom. The fourth-order valence-corrected chi connectivity index (χ4v) is 3.04. The summed E-state index contributed by atoms with van der Waals surface area (Å²) in [5, 5.41) is 11.0. The van der Waals surface area contributed by atoms with Crippen LogP contribution in [-0.4, -0.2) is 23.7 Å². The summed E-state index contributed by atoms with van der Waals surface area (Å²) in [4.78, 5) is 4.63. The Balaban J connectivity index is 1.94. The fraction of sp³-hybridized carbons (Fsp3) is 0.765. The third-order valence-corrected chi connectivity index (χ3v) is 4.41. The molecule has 2 N–H and O–H groups in total. The lowest BCUT2D eigenvalue weighted by Gasteiger charge is -2.16. The van der Waals surface area contributed by atoms with Gasteiger partial charge >= 0.3 is 0 Å². The summed E-state index contributed by atoms with van der Waals surface area (Å²) in [6, 6.07) is 2.62. The molecule has 1 aromatic heterocycles. The predicted molar refractivity (Wildman–Crippen MR) is 90.0 cm³/mol. The van der Waals surface area contributed by atoms with Crippen LogP contribution in [0, 0.1) is 0 Å². The average molecular weight is 306 g/mol. The zero-order valence-corrected chi connectivity index (χ0v) is 14.2. The second kappa shape index (κ2) is 8.81. The molecule has 0 unspecified atom stereocenters. The second-order valence-electron chi connectivity index (χ2n) is 6.05. The molecular weight excluding hydrogens is 276 g/mol. The molecule has 22 heavy (non-hydrogen) atoms. The smallest absolute Gasteiger partial charge is 0.191 e. The van der Waals surface area contributed by atoms with E-state index in [2.05, 4.69) is 47.6 Å². The maximum Gasteiger partial charge on any atom is 0.191 e. The fourth-order valence-electron chi connectivity index (χ4n) is 3.04. The number of aliphatic imine (C=N–C) groups is 1. The quantitative estimate of drug-likeness (QED) is 0.597. The molecule has 1 fully saturated rings. The van der Waals surface area contributed by atoms with Crippen molar-refractivity contribution in [2.45, 2.75) is 77.8 Å². The summed E-state index contributed by atoms with van der Waals surface area (Å²) in [7, 11) is 0. The van der Waals surface area contributed by atoms with E-state index in [0.717, 1.165) is 36.8 Å². The summed E-state index contributed by atoms with van der Waals surface area (Å²) in [6.45, 7) is 7.87. The number of nitrogens with zero attached hydrogens (tertiary/aromatic N) is 2. The van der Waals surface area contributed by atoms with E-state index in [1.54, 1.807) is 0 Å². The molecule has 0 aliphatic heterocycles. The van der Waals surface area contributed by atoms with Crippen molar-refractivity contribution in [1.29, 1.82) is 0 Å². The zero-order chi connectivity index (χ0) is 15.8. The van der Waals surface area contributed by atoms with Crippen LogP contribution in [0.2, 0.25) is 0 Å². The summed E-state index contributed by atoms with van der Waals surface area (Å²) >= 11 is 0. The van der Waals surface area contributed by atoms with Gasteiger partial charge in [0.2, 0.25) is 0 Å². The largest absolute Gasteiger partial charge is 0.359 e. The summed E-state index contributed by atoms with van der Waals surface area (Å²) in [5.41, 5.74) is 1.06. The highest BCUT2D eigenvalue weighted by atomic mass is 16.5. The Morgan fingerprint density at radius 3 is 2.68 bits per heavy atom. The van der Waals surface area contributed by atoms with Crippen molar-refractivity contribution in [3.8, 4) is 0 Å². The van der Waals surface area contributed by atoms with Gasteiger partial charge in [-0.05, 0) is 32.6 Å². The van der Waals surface area contributed by atoms with Crippen molar-refractivity contribution in [3.63, 3.8) is 0 Å². The molecule has 124 valence electrons. The van der Waals surface area contributed by atoms with Crippen LogP contribution in [0.1, 0.15) is 76.7 Å². The Labute approximate surface area is 133 Å². The molecule has 2 rings (SSSR count). The maximum atomic E-state index is 5.44. The molecule has 0 bridgehead atoms. The SMILES string of the molecule is CCNC(=NCc1cc(C(CC)CC)no1)NC1CCCC1. The van der Waals surface area contributed by atoms with Crippen LogP contribution in [0.15, 0.2) is 15.6 Å². The van der Waals surface area contributed by atoms with Crippen LogP contribution in [0.3, 0.4) is 0 Å². The molecule has 0 aromatic carbocycles. The lowest BCUT2D eigenvalue weighted by molar-refractivity contribution is 0.372. The number of hydrogen-bond donors (Lipinski definition) is 2. The highest BCUT2D eigenvalue weighted by Crippen LogP contribution is 2.22. The molecule has 1 aliphatic rings. The number of nitrogens with one attached hydrogen (secondary N) is 2. The van der Waals surface area contributed by atoms with Crippen LogP contribution >= 0.6 is 0 Å². The van der Waals surface area contributed by atoms with Crippen LogP contribution in [0.25, 0.3) is 0 Å². The monoisotopic (exact) mass is 306 g/mol. The molecule has 1 saturated carbocycles. The molecule has 1 aliphatic carbocycles. The highest BCUT2D eigenvalue weighted by Gasteiger charge is 2.16. The topological polar surface area (TPSA) is 62.5 Å². The van der Waals surface area contributed by atoms with Crippen molar-refractivity contribution in [3.05, 3.63) is 17.5 Å². The first-order valence-electron chi connectivity index (χ1n) is 8.77. The molecule has 0 atom stereocenters. The normalized spacial score (nSPS) is 16.5. The third kappa shape index (κ3) is 4.75. The highest BCUT2D eigenvalue weighted by molar-refractivity contribution is 5.80. The minimum atomic E-state index is 0.492. The number of aromatic nitrogens is 1. The molecule has 0 saturated heterocycles. The molecule has 5 heteroatoms. The van der Waals surface area contributed by atoms with E-state index in [9.17, 15) is 0 Å². The van der Waals surface area contributed by atoms with E-state index in [-0.39, 0.29) is 0 Å². The van der Waals surface area contributed by atoms with Gasteiger partial charge in [0.15, 0.2) is 11.7 Å². The van der Waals surface area contributed by atoms with Gasteiger partial charge in [0.1, 0.15) is 6.54 Å². The van der Waals surface area contributed by atoms with Crippen LogP contribution < -0.4 is 10.6 Å². The number of guanidine groups is 1. The molecule has 1 heterocycles. The molecule has 1 aromatic rings. The van der Waals surface area contributed by atoms with E-state index >= 15 is 0 Å². The van der Waals surface area contributed by atoms with Gasteiger partial charge in [-0.3, -0.25) is 0 Å². The summed E-state index contributed by atoms with van der Waals surface area (Å²) < 4.78 is 5.44. The molecule has 0 spiro atoms. The summed E-state index contributed by atoms with van der Waals surface area (Å²) in [6.07, 6.45) is 7.31. The van der Waals surface area contributed by atoms with E-state index in [1.165, 1.54) is 25.7 Å². The van der Waals surface area contributed by atoms with Gasteiger partial charge in [0, 0.05) is 24.6 Å². The van der Waals surface area contributed by atoms with Crippen LogP contribution in [-0.2, 0) is 6.54 Å². The minimum absolute atomic E-state index is 0.492. The van der Waals surface area contributed by atoms with Crippen molar-refractivity contribution in [1.82, 2.24) is 15.8 Å². The lowest BCUT2D eigenvalue weighted by atomic mass is 9.99. The van der Waals surface area contributed by atoms with Gasteiger partial charge in [0.05, 0.1) is 5.69 Å². The van der Waals surface area contributed by atoms with Gasteiger partial charge in [-0.15, -0.1) is 0 Å². The second-order valence-corrected chi connectivity index (χ2v) is 6.05. The maximum absolute atomic E-state index is 5.44. The van der Waals surface area contributed by atoms with Crippen molar-refractivity contribution in [2.24, 2.45) is 4.99 Å². The first-order chi connectivity index (χ1) is 10.8. The van der Waals surface area contributed by atoms with E-state index in [4.69, 9.17) is 4.52 Å². The van der Waals surface area contributed by atoms with Gasteiger partial charge in [-0.25, -0.2) is 4.99 Å². The van der Waals surface area contributed by atoms with Gasteiger partial charge < -0.3 is 15.2 Å². The molecule has 5 nitrogen and oxygen atoms in total. The number of rotatable bonds is 7. The Hall–Kier alpha value is -1.52. The van der Waals surface area contributed by atoms with Gasteiger partial charge in [-0.2, -0.15) is 0 Å². The van der Waals surface area contributed by atoms with Crippen molar-refractivity contribution < 1.29 is 4.52 Å². The molecule has 0 radical (unpaired) electrons. The summed E-state index contributed by atoms with van der Waals surface area (Å²) in [5.74, 6) is 2.21. The lowest BCUT2D eigenvalue weighted by Crippen LogP contribution is -2.42. The number of hydrogen-bond acceptors (Lipinski definition) is 3. The van der Waals surface area contributed by atoms with Crippen molar-refractivity contribution in [2.75, 3.05) is 6.54 Å². The van der Waals surface area contributed by atoms with E-state index < -0.39 is 0 Å². The Morgan fingerprint density at radius 2 is 2.05 bits per heavy atom. The average Bonchev–Trinajstić information content (AvgIpc) is 3.18. The van der Waals surface area contributed by atoms with Crippen LogP contribution in [0.4, 0.5) is 0 Å². The Kier molecular flexibility index (Phi) is 6.74. The third-order valence-electron chi connectivity index (χ3n) is 4.41. The predicted octanol–water partition coefficient (Wildman–Crippen LogP) is 3.58. The van der Waals surface area contributed by atoms with Gasteiger partial charge in [-0.1, -0.05) is 31.8 Å². The van der Waals surface area contributed by atoms with E-state index in [1.807, 2.05) is 0 Å². The zero-order valence-electron chi connectivity index (χ0n) is 14.2. The first-order valence-corrected chi connectivity index (χ1v) is 8.77.